The molecule has 2 rings (SSSR count). The van der Waals surface area contributed by atoms with Gasteiger partial charge in [0.05, 0.1) is 4.88 Å². The minimum atomic E-state index is 0.0989. The van der Waals surface area contributed by atoms with Crippen LogP contribution in [0.5, 0.6) is 0 Å². The summed E-state index contributed by atoms with van der Waals surface area (Å²) < 4.78 is 0. The van der Waals surface area contributed by atoms with Crippen LogP contribution in [0.4, 0.5) is 0 Å². The van der Waals surface area contributed by atoms with Gasteiger partial charge in [-0.15, -0.1) is 11.3 Å². The quantitative estimate of drug-likeness (QED) is 0.770. The highest BCUT2D eigenvalue weighted by atomic mass is 32.1. The van der Waals surface area contributed by atoms with Crippen LogP contribution in [0.15, 0.2) is 11.4 Å². The number of hydrogen-bond acceptors (Lipinski definition) is 2. The maximum atomic E-state index is 11.6. The third-order valence-corrected chi connectivity index (χ3v) is 3.51. The zero-order valence-electron chi connectivity index (χ0n) is 7.83. The van der Waals surface area contributed by atoms with Crippen molar-refractivity contribution in [1.82, 2.24) is 5.32 Å². The zero-order valence-corrected chi connectivity index (χ0v) is 8.65. The molecule has 1 N–H and O–H groups in total. The first-order valence-electron chi connectivity index (χ1n) is 4.53. The second kappa shape index (κ2) is 3.14. The maximum absolute atomic E-state index is 11.6. The molecule has 1 aromatic heterocycles. The Bertz CT molecular complexity index is 331. The third-order valence-electron chi connectivity index (χ3n) is 2.49. The first-order chi connectivity index (χ1) is 6.18. The van der Waals surface area contributed by atoms with E-state index in [2.05, 4.69) is 12.2 Å². The summed E-state index contributed by atoms with van der Waals surface area (Å²) in [4.78, 5) is 12.5. The first kappa shape index (κ1) is 8.75. The maximum Gasteiger partial charge on any atom is 0.261 e. The number of thiophene rings is 1. The summed E-state index contributed by atoms with van der Waals surface area (Å²) in [5.74, 6) is 0.770. The molecule has 0 bridgehead atoms. The van der Waals surface area contributed by atoms with Crippen LogP contribution in [0.1, 0.15) is 28.6 Å². The highest BCUT2D eigenvalue weighted by Crippen LogP contribution is 2.29. The number of rotatable bonds is 2. The zero-order chi connectivity index (χ0) is 9.42. The van der Waals surface area contributed by atoms with E-state index in [1.54, 1.807) is 0 Å². The molecule has 2 unspecified atom stereocenters. The van der Waals surface area contributed by atoms with E-state index in [1.165, 1.54) is 11.3 Å². The van der Waals surface area contributed by atoms with Crippen molar-refractivity contribution < 1.29 is 4.79 Å². The molecule has 0 spiro atoms. The molecular weight excluding hydrogens is 182 g/mol. The summed E-state index contributed by atoms with van der Waals surface area (Å²) in [5, 5.41) is 4.98. The number of nitrogens with one attached hydrogen (secondary N) is 1. The van der Waals surface area contributed by atoms with E-state index in [-0.39, 0.29) is 5.91 Å². The molecule has 0 radical (unpaired) electrons. The van der Waals surface area contributed by atoms with Gasteiger partial charge in [-0.25, -0.2) is 0 Å². The molecule has 1 heterocycles. The topological polar surface area (TPSA) is 29.1 Å². The van der Waals surface area contributed by atoms with Crippen molar-refractivity contribution in [2.45, 2.75) is 26.3 Å². The van der Waals surface area contributed by atoms with Crippen LogP contribution in [0.2, 0.25) is 0 Å². The van der Waals surface area contributed by atoms with E-state index < -0.39 is 0 Å². The van der Waals surface area contributed by atoms with Crippen LogP contribution in [0, 0.1) is 12.8 Å². The molecule has 70 valence electrons. The largest absolute Gasteiger partial charge is 0.348 e. The predicted molar refractivity (Wildman–Crippen MR) is 54.1 cm³/mol. The van der Waals surface area contributed by atoms with Crippen molar-refractivity contribution in [2.75, 3.05) is 0 Å². The fourth-order valence-electron chi connectivity index (χ4n) is 1.36. The van der Waals surface area contributed by atoms with E-state index in [0.29, 0.717) is 12.0 Å². The Balaban J connectivity index is 2.01. The van der Waals surface area contributed by atoms with Crippen LogP contribution >= 0.6 is 11.3 Å². The van der Waals surface area contributed by atoms with Crippen LogP contribution in [-0.2, 0) is 0 Å². The molecule has 1 aliphatic rings. The second-order valence-electron chi connectivity index (χ2n) is 3.73. The SMILES string of the molecule is Cc1ccsc1C(=O)NC1CC1C. The molecule has 1 saturated carbocycles. The van der Waals surface area contributed by atoms with E-state index in [4.69, 9.17) is 0 Å². The molecule has 1 amide bonds. The molecule has 0 aromatic carbocycles. The van der Waals surface area contributed by atoms with Crippen molar-refractivity contribution >= 4 is 17.2 Å². The predicted octanol–water partition coefficient (Wildman–Crippen LogP) is 2.19. The summed E-state index contributed by atoms with van der Waals surface area (Å²) in [6.07, 6.45) is 1.14. The van der Waals surface area contributed by atoms with E-state index in [1.807, 2.05) is 18.4 Å². The fraction of sp³-hybridized carbons (Fsp3) is 0.500. The van der Waals surface area contributed by atoms with E-state index in [9.17, 15) is 4.79 Å². The van der Waals surface area contributed by atoms with Crippen LogP contribution in [-0.4, -0.2) is 11.9 Å². The molecule has 0 aliphatic heterocycles. The Hall–Kier alpha value is -0.830. The number of amides is 1. The van der Waals surface area contributed by atoms with Crippen molar-refractivity contribution in [2.24, 2.45) is 5.92 Å². The molecule has 3 heteroatoms. The number of carbonyl (C=O) groups is 1. The smallest absolute Gasteiger partial charge is 0.261 e. The molecule has 1 fully saturated rings. The number of hydrogen-bond donors (Lipinski definition) is 1. The minimum Gasteiger partial charge on any atom is -0.348 e. The summed E-state index contributed by atoms with van der Waals surface area (Å²) in [7, 11) is 0. The molecule has 1 aromatic rings. The minimum absolute atomic E-state index is 0.0989. The third kappa shape index (κ3) is 1.75. The van der Waals surface area contributed by atoms with Gasteiger partial charge in [-0.3, -0.25) is 4.79 Å². The van der Waals surface area contributed by atoms with Gasteiger partial charge >= 0.3 is 0 Å². The Morgan fingerprint density at radius 2 is 2.38 bits per heavy atom. The normalized spacial score (nSPS) is 25.7. The number of carbonyl (C=O) groups excluding carboxylic acids is 1. The Morgan fingerprint density at radius 3 is 2.85 bits per heavy atom. The lowest BCUT2D eigenvalue weighted by Crippen LogP contribution is -2.26. The highest BCUT2D eigenvalue weighted by Gasteiger charge is 2.34. The van der Waals surface area contributed by atoms with Crippen LogP contribution in [0.25, 0.3) is 0 Å². The van der Waals surface area contributed by atoms with Gasteiger partial charge in [-0.05, 0) is 36.3 Å². The van der Waals surface area contributed by atoms with Crippen molar-refractivity contribution in [3.63, 3.8) is 0 Å². The molecule has 0 saturated heterocycles. The van der Waals surface area contributed by atoms with Gasteiger partial charge in [0, 0.05) is 6.04 Å². The van der Waals surface area contributed by atoms with Gasteiger partial charge in [0.15, 0.2) is 0 Å². The fourth-order valence-corrected chi connectivity index (χ4v) is 2.19. The van der Waals surface area contributed by atoms with E-state index >= 15 is 0 Å². The van der Waals surface area contributed by atoms with Crippen LogP contribution in [0.3, 0.4) is 0 Å². The Morgan fingerprint density at radius 1 is 1.69 bits per heavy atom. The van der Waals surface area contributed by atoms with Gasteiger partial charge < -0.3 is 5.32 Å². The standard InChI is InChI=1S/C10H13NOS/c1-6-3-4-13-9(6)10(12)11-8-5-7(8)2/h3-4,7-8H,5H2,1-2H3,(H,11,12). The van der Waals surface area contributed by atoms with Gasteiger partial charge in [0.1, 0.15) is 0 Å². The Labute approximate surface area is 82.0 Å². The van der Waals surface area contributed by atoms with Gasteiger partial charge in [-0.2, -0.15) is 0 Å². The summed E-state index contributed by atoms with van der Waals surface area (Å²) in [6.45, 7) is 4.13. The lowest BCUT2D eigenvalue weighted by Gasteiger charge is -2.01. The lowest BCUT2D eigenvalue weighted by molar-refractivity contribution is 0.0953. The van der Waals surface area contributed by atoms with Crippen molar-refractivity contribution in [3.8, 4) is 0 Å². The van der Waals surface area contributed by atoms with Crippen molar-refractivity contribution in [1.29, 1.82) is 0 Å². The van der Waals surface area contributed by atoms with Crippen molar-refractivity contribution in [3.05, 3.63) is 21.9 Å². The van der Waals surface area contributed by atoms with Gasteiger partial charge in [0.25, 0.3) is 5.91 Å². The van der Waals surface area contributed by atoms with Crippen LogP contribution < -0.4 is 5.32 Å². The van der Waals surface area contributed by atoms with Gasteiger partial charge in [-0.1, -0.05) is 6.92 Å². The first-order valence-corrected chi connectivity index (χ1v) is 5.41. The summed E-state index contributed by atoms with van der Waals surface area (Å²) in [6, 6.07) is 2.41. The molecule has 2 nitrogen and oxygen atoms in total. The van der Waals surface area contributed by atoms with Gasteiger partial charge in [0.2, 0.25) is 0 Å². The summed E-state index contributed by atoms with van der Waals surface area (Å²) in [5.41, 5.74) is 1.08. The molecular formula is C10H13NOS. The lowest BCUT2D eigenvalue weighted by atomic mass is 10.3. The molecule has 2 atom stereocenters. The summed E-state index contributed by atoms with van der Waals surface area (Å²) >= 11 is 1.52. The molecule has 13 heavy (non-hydrogen) atoms. The average Bonchev–Trinajstić information content (AvgIpc) is 2.62. The monoisotopic (exact) mass is 195 g/mol. The second-order valence-corrected chi connectivity index (χ2v) is 4.64. The highest BCUT2D eigenvalue weighted by molar-refractivity contribution is 7.12. The molecule has 1 aliphatic carbocycles. The Kier molecular flexibility index (Phi) is 2.12. The average molecular weight is 195 g/mol. The number of aryl methyl sites for hydroxylation is 1. The van der Waals surface area contributed by atoms with E-state index in [0.717, 1.165) is 16.9 Å².